The van der Waals surface area contributed by atoms with Gasteiger partial charge in [0.05, 0.1) is 5.75 Å². The highest BCUT2D eigenvalue weighted by Gasteiger charge is 2.29. The molecule has 0 spiro atoms. The molecular weight excluding hydrogens is 358 g/mol. The van der Waals surface area contributed by atoms with Gasteiger partial charge in [-0.15, -0.1) is 0 Å². The van der Waals surface area contributed by atoms with Crippen molar-refractivity contribution in [3.8, 4) is 0 Å². The molecule has 1 aromatic carbocycles. The number of nitrogens with one attached hydrogen (secondary N) is 1. The Labute approximate surface area is 162 Å². The van der Waals surface area contributed by atoms with E-state index in [-0.39, 0.29) is 5.75 Å². The summed E-state index contributed by atoms with van der Waals surface area (Å²) < 4.78 is 29.2. The van der Waals surface area contributed by atoms with E-state index in [4.69, 9.17) is 0 Å². The number of aromatic nitrogens is 1. The molecule has 0 unspecified atom stereocenters. The highest BCUT2D eigenvalue weighted by atomic mass is 32.2. The van der Waals surface area contributed by atoms with Gasteiger partial charge in [-0.3, -0.25) is 9.62 Å². The Morgan fingerprint density at radius 2 is 1.96 bits per heavy atom. The second kappa shape index (κ2) is 7.47. The van der Waals surface area contributed by atoms with Crippen LogP contribution in [0.2, 0.25) is 0 Å². The fraction of sp³-hybridized carbons (Fsp3) is 0.619. The van der Waals surface area contributed by atoms with E-state index < -0.39 is 10.0 Å². The van der Waals surface area contributed by atoms with Crippen molar-refractivity contribution < 1.29 is 8.42 Å². The van der Waals surface area contributed by atoms with Gasteiger partial charge in [-0.1, -0.05) is 19.8 Å². The first-order valence-corrected chi connectivity index (χ1v) is 12.1. The van der Waals surface area contributed by atoms with E-state index >= 15 is 0 Å². The third kappa shape index (κ3) is 3.61. The summed E-state index contributed by atoms with van der Waals surface area (Å²) in [6, 6.07) is 6.77. The van der Waals surface area contributed by atoms with Gasteiger partial charge in [-0.2, -0.15) is 0 Å². The van der Waals surface area contributed by atoms with Crippen molar-refractivity contribution in [1.29, 1.82) is 0 Å². The lowest BCUT2D eigenvalue weighted by atomic mass is 10.0. The summed E-state index contributed by atoms with van der Waals surface area (Å²) in [4.78, 5) is 2.66. The van der Waals surface area contributed by atoms with Gasteiger partial charge in [-0.25, -0.2) is 8.42 Å². The largest absolute Gasteiger partial charge is 0.344 e. The van der Waals surface area contributed by atoms with Gasteiger partial charge in [0.25, 0.3) is 0 Å². The second-order valence-electron chi connectivity index (χ2n) is 7.97. The molecule has 1 N–H and O–H groups in total. The maximum absolute atomic E-state index is 12.0. The molecule has 2 heterocycles. The number of sulfonamides is 1. The second-order valence-corrected chi connectivity index (χ2v) is 9.98. The Hall–Kier alpha value is -1.53. The summed E-state index contributed by atoms with van der Waals surface area (Å²) in [6.07, 6.45) is 7.56. The van der Waals surface area contributed by atoms with Gasteiger partial charge in [0.2, 0.25) is 10.0 Å². The molecule has 6 heteroatoms. The van der Waals surface area contributed by atoms with Crippen LogP contribution in [-0.4, -0.2) is 36.2 Å². The van der Waals surface area contributed by atoms with E-state index in [0.717, 1.165) is 38.5 Å². The van der Waals surface area contributed by atoms with Crippen LogP contribution in [0.3, 0.4) is 0 Å². The molecule has 1 fully saturated rings. The van der Waals surface area contributed by atoms with Gasteiger partial charge in [-0.05, 0) is 49.9 Å². The van der Waals surface area contributed by atoms with Gasteiger partial charge in [0.1, 0.15) is 0 Å². The fourth-order valence-corrected chi connectivity index (χ4v) is 5.48. The molecule has 27 heavy (non-hydrogen) atoms. The minimum atomic E-state index is -3.26. The van der Waals surface area contributed by atoms with Crippen molar-refractivity contribution in [2.45, 2.75) is 71.5 Å². The van der Waals surface area contributed by atoms with Crippen LogP contribution >= 0.6 is 0 Å². The number of hydrogen-bond donors (Lipinski definition) is 1. The molecule has 0 atom stereocenters. The minimum Gasteiger partial charge on any atom is -0.344 e. The lowest BCUT2D eigenvalue weighted by Crippen LogP contribution is -2.38. The van der Waals surface area contributed by atoms with Gasteiger partial charge < -0.3 is 4.57 Å². The van der Waals surface area contributed by atoms with Crippen LogP contribution in [0, 0.1) is 0 Å². The fourth-order valence-electron chi connectivity index (χ4n) is 4.85. The zero-order valence-electron chi connectivity index (χ0n) is 16.5. The zero-order valence-corrected chi connectivity index (χ0v) is 17.3. The van der Waals surface area contributed by atoms with Crippen LogP contribution in [0.15, 0.2) is 18.2 Å². The quantitative estimate of drug-likeness (QED) is 0.809. The summed E-state index contributed by atoms with van der Waals surface area (Å²) in [5, 5.41) is 1.22. The topological polar surface area (TPSA) is 54.3 Å². The number of hydrogen-bond acceptors (Lipinski definition) is 3. The van der Waals surface area contributed by atoms with Gasteiger partial charge in [0, 0.05) is 54.4 Å². The van der Waals surface area contributed by atoms with Crippen LogP contribution in [-0.2, 0) is 29.5 Å². The number of benzene rings is 1. The molecule has 1 aliphatic heterocycles. The van der Waals surface area contributed by atoms with E-state index in [1.165, 1.54) is 47.8 Å². The third-order valence-electron chi connectivity index (χ3n) is 6.23. The predicted molar refractivity (Wildman–Crippen MR) is 112 cm³/mol. The van der Waals surface area contributed by atoms with Crippen molar-refractivity contribution in [3.05, 3.63) is 29.5 Å². The summed E-state index contributed by atoms with van der Waals surface area (Å²) in [6.45, 7) is 7.05. The van der Waals surface area contributed by atoms with E-state index in [2.05, 4.69) is 27.2 Å². The number of nitrogens with zero attached hydrogens (tertiary/aromatic N) is 2. The third-order valence-corrected chi connectivity index (χ3v) is 7.53. The van der Waals surface area contributed by atoms with Gasteiger partial charge in [0.15, 0.2) is 0 Å². The Bertz CT molecular complexity index is 927. The first-order valence-electron chi connectivity index (χ1n) is 10.4. The first kappa shape index (κ1) is 18.8. The highest BCUT2D eigenvalue weighted by Crippen LogP contribution is 2.35. The highest BCUT2D eigenvalue weighted by molar-refractivity contribution is 7.92. The molecule has 0 saturated heterocycles. The number of aryl methyl sites for hydroxylation is 1. The van der Waals surface area contributed by atoms with Crippen molar-refractivity contribution >= 4 is 26.6 Å². The van der Waals surface area contributed by atoms with Crippen molar-refractivity contribution in [3.63, 3.8) is 0 Å². The van der Waals surface area contributed by atoms with Crippen LogP contribution < -0.4 is 4.72 Å². The lowest BCUT2D eigenvalue weighted by Gasteiger charge is -2.33. The molecule has 2 aliphatic rings. The Kier molecular flexibility index (Phi) is 5.21. The Morgan fingerprint density at radius 3 is 2.67 bits per heavy atom. The summed E-state index contributed by atoms with van der Waals surface area (Å²) in [7, 11) is -3.26. The molecule has 4 rings (SSSR count). The molecule has 5 nitrogen and oxygen atoms in total. The smallest absolute Gasteiger partial charge is 0.232 e. The van der Waals surface area contributed by atoms with Crippen LogP contribution in [0.1, 0.15) is 57.2 Å². The standard InChI is InChI=1S/C21H31N3O2S/c1-3-12-24-20-10-9-16(22-27(25,26)4-2)14-18(20)19-15-23(13-11-21(19)24)17-7-5-6-8-17/h9-10,14,17,22H,3-8,11-13,15H2,1-2H3. The summed E-state index contributed by atoms with van der Waals surface area (Å²) in [5.74, 6) is 0.0927. The molecule has 1 aliphatic carbocycles. The van der Waals surface area contributed by atoms with E-state index in [1.807, 2.05) is 12.1 Å². The summed E-state index contributed by atoms with van der Waals surface area (Å²) >= 11 is 0. The zero-order chi connectivity index (χ0) is 19.0. The average molecular weight is 390 g/mol. The first-order chi connectivity index (χ1) is 13.0. The molecule has 1 saturated carbocycles. The van der Waals surface area contributed by atoms with Crippen LogP contribution in [0.5, 0.6) is 0 Å². The molecule has 0 amide bonds. The SMILES string of the molecule is CCCn1c2c(c3cc(NS(=O)(=O)CC)ccc31)CN(C1CCCC1)CC2. The predicted octanol–water partition coefficient (Wildman–Crippen LogP) is 4.11. The van der Waals surface area contributed by atoms with E-state index in [1.54, 1.807) is 6.92 Å². The number of fused-ring (bicyclic) bond motifs is 3. The maximum atomic E-state index is 12.0. The lowest BCUT2D eigenvalue weighted by molar-refractivity contribution is 0.180. The van der Waals surface area contributed by atoms with Crippen molar-refractivity contribution in [1.82, 2.24) is 9.47 Å². The molecule has 2 aromatic rings. The van der Waals surface area contributed by atoms with Gasteiger partial charge >= 0.3 is 0 Å². The van der Waals surface area contributed by atoms with Crippen LogP contribution in [0.25, 0.3) is 10.9 Å². The average Bonchev–Trinajstić information content (AvgIpc) is 3.29. The van der Waals surface area contributed by atoms with Crippen molar-refractivity contribution in [2.75, 3.05) is 17.0 Å². The normalized spacial score (nSPS) is 18.9. The Balaban J connectivity index is 1.75. The number of anilines is 1. The maximum Gasteiger partial charge on any atom is 0.232 e. The number of rotatable bonds is 6. The molecule has 1 aromatic heterocycles. The van der Waals surface area contributed by atoms with Crippen molar-refractivity contribution in [2.24, 2.45) is 0 Å². The van der Waals surface area contributed by atoms with E-state index in [0.29, 0.717) is 5.69 Å². The summed E-state index contributed by atoms with van der Waals surface area (Å²) in [5.41, 5.74) is 4.79. The monoisotopic (exact) mass is 389 g/mol. The molecular formula is C21H31N3O2S. The molecule has 0 radical (unpaired) electrons. The van der Waals surface area contributed by atoms with E-state index in [9.17, 15) is 8.42 Å². The molecule has 0 bridgehead atoms. The Morgan fingerprint density at radius 1 is 1.19 bits per heavy atom. The molecule has 148 valence electrons. The van der Waals surface area contributed by atoms with Crippen LogP contribution in [0.4, 0.5) is 5.69 Å². The minimum absolute atomic E-state index is 0.0927.